The van der Waals surface area contributed by atoms with E-state index in [-0.39, 0.29) is 0 Å². The van der Waals surface area contributed by atoms with Crippen LogP contribution in [0.4, 0.5) is 0 Å². The molecular weight excluding hydrogens is 214 g/mol. The molecule has 0 bridgehead atoms. The Morgan fingerprint density at radius 1 is 1.29 bits per heavy atom. The van der Waals surface area contributed by atoms with E-state index >= 15 is 0 Å². The van der Waals surface area contributed by atoms with Gasteiger partial charge in [-0.3, -0.25) is 4.79 Å². The van der Waals surface area contributed by atoms with Gasteiger partial charge < -0.3 is 10.0 Å². The number of hydrogen-bond acceptors (Lipinski definition) is 2. The van der Waals surface area contributed by atoms with Gasteiger partial charge in [0.2, 0.25) is 0 Å². The average molecular weight is 241 g/mol. The molecule has 1 N–H and O–H groups in total. The van der Waals surface area contributed by atoms with Crippen LogP contribution >= 0.6 is 0 Å². The fraction of sp³-hybridized carbons (Fsp3) is 0.929. The third kappa shape index (κ3) is 5.53. The molecule has 3 nitrogen and oxygen atoms in total. The zero-order valence-corrected chi connectivity index (χ0v) is 11.3. The summed E-state index contributed by atoms with van der Waals surface area (Å²) in [4.78, 5) is 13.1. The van der Waals surface area contributed by atoms with Crippen LogP contribution < -0.4 is 0 Å². The second-order valence-corrected chi connectivity index (χ2v) is 5.36. The Balaban J connectivity index is 2.19. The van der Waals surface area contributed by atoms with E-state index in [1.807, 2.05) is 0 Å². The summed E-state index contributed by atoms with van der Waals surface area (Å²) < 4.78 is 0. The number of carboxylic acid groups (broad SMARTS) is 1. The fourth-order valence-corrected chi connectivity index (χ4v) is 2.70. The van der Waals surface area contributed by atoms with E-state index in [2.05, 4.69) is 18.7 Å². The fourth-order valence-electron chi connectivity index (χ4n) is 2.70. The number of aliphatic carboxylic acids is 1. The SMILES string of the molecule is CCC(CC)CN1CCC(CCC(=O)O)CC1. The van der Waals surface area contributed by atoms with Crippen molar-refractivity contribution in [2.45, 2.75) is 52.4 Å². The van der Waals surface area contributed by atoms with Crippen molar-refractivity contribution < 1.29 is 9.90 Å². The summed E-state index contributed by atoms with van der Waals surface area (Å²) in [6.45, 7) is 8.11. The molecule has 0 aromatic heterocycles. The molecule has 0 aromatic carbocycles. The molecule has 0 spiro atoms. The van der Waals surface area contributed by atoms with E-state index in [0.29, 0.717) is 12.3 Å². The van der Waals surface area contributed by atoms with E-state index in [0.717, 1.165) is 12.3 Å². The van der Waals surface area contributed by atoms with Crippen LogP contribution in [-0.2, 0) is 4.79 Å². The number of rotatable bonds is 7. The molecule has 100 valence electrons. The number of likely N-dealkylation sites (tertiary alicyclic amines) is 1. The maximum absolute atomic E-state index is 10.5. The Morgan fingerprint density at radius 3 is 2.35 bits per heavy atom. The molecule has 0 amide bonds. The zero-order chi connectivity index (χ0) is 12.7. The van der Waals surface area contributed by atoms with E-state index in [1.54, 1.807) is 0 Å². The van der Waals surface area contributed by atoms with Crippen LogP contribution in [0.3, 0.4) is 0 Å². The average Bonchev–Trinajstić information content (AvgIpc) is 2.34. The van der Waals surface area contributed by atoms with Crippen molar-refractivity contribution in [2.24, 2.45) is 11.8 Å². The minimum absolute atomic E-state index is 0.344. The predicted molar refractivity (Wildman–Crippen MR) is 70.1 cm³/mol. The molecule has 1 rings (SSSR count). The van der Waals surface area contributed by atoms with Gasteiger partial charge in [-0.25, -0.2) is 0 Å². The Labute approximate surface area is 105 Å². The van der Waals surface area contributed by atoms with Crippen molar-refractivity contribution in [1.29, 1.82) is 0 Å². The van der Waals surface area contributed by atoms with Crippen molar-refractivity contribution in [3.8, 4) is 0 Å². The summed E-state index contributed by atoms with van der Waals surface area (Å²) in [7, 11) is 0. The van der Waals surface area contributed by atoms with Crippen molar-refractivity contribution in [3.05, 3.63) is 0 Å². The normalized spacial score (nSPS) is 18.8. The molecule has 1 heterocycles. The van der Waals surface area contributed by atoms with Gasteiger partial charge in [0, 0.05) is 13.0 Å². The third-order valence-electron chi connectivity index (χ3n) is 4.14. The Hall–Kier alpha value is -0.570. The number of nitrogens with zero attached hydrogens (tertiary/aromatic N) is 1. The van der Waals surface area contributed by atoms with Gasteiger partial charge >= 0.3 is 5.97 Å². The van der Waals surface area contributed by atoms with Gasteiger partial charge in [0.25, 0.3) is 0 Å². The molecule has 0 atom stereocenters. The van der Waals surface area contributed by atoms with Gasteiger partial charge in [-0.2, -0.15) is 0 Å². The van der Waals surface area contributed by atoms with Crippen molar-refractivity contribution in [1.82, 2.24) is 4.90 Å². The molecule has 0 unspecified atom stereocenters. The van der Waals surface area contributed by atoms with Crippen LogP contribution in [0.25, 0.3) is 0 Å². The minimum Gasteiger partial charge on any atom is -0.481 e. The zero-order valence-electron chi connectivity index (χ0n) is 11.3. The molecule has 1 fully saturated rings. The summed E-state index contributed by atoms with van der Waals surface area (Å²) in [5.74, 6) is 0.832. The number of hydrogen-bond donors (Lipinski definition) is 1. The molecule has 3 heteroatoms. The molecule has 0 saturated carbocycles. The lowest BCUT2D eigenvalue weighted by Crippen LogP contribution is -2.37. The first-order chi connectivity index (χ1) is 8.15. The van der Waals surface area contributed by atoms with Gasteiger partial charge in [-0.05, 0) is 44.2 Å². The highest BCUT2D eigenvalue weighted by Crippen LogP contribution is 2.23. The highest BCUT2D eigenvalue weighted by molar-refractivity contribution is 5.66. The molecule has 0 aliphatic carbocycles. The summed E-state index contributed by atoms with van der Waals surface area (Å²) >= 11 is 0. The largest absolute Gasteiger partial charge is 0.481 e. The van der Waals surface area contributed by atoms with Gasteiger partial charge in [-0.1, -0.05) is 26.7 Å². The van der Waals surface area contributed by atoms with Crippen LogP contribution in [0.5, 0.6) is 0 Å². The van der Waals surface area contributed by atoms with Gasteiger partial charge in [0.05, 0.1) is 0 Å². The highest BCUT2D eigenvalue weighted by Gasteiger charge is 2.21. The number of piperidine rings is 1. The second-order valence-electron chi connectivity index (χ2n) is 5.36. The third-order valence-corrected chi connectivity index (χ3v) is 4.14. The Morgan fingerprint density at radius 2 is 1.88 bits per heavy atom. The van der Waals surface area contributed by atoms with Crippen molar-refractivity contribution >= 4 is 5.97 Å². The summed E-state index contributed by atoms with van der Waals surface area (Å²) in [6, 6.07) is 0. The molecule has 17 heavy (non-hydrogen) atoms. The van der Waals surface area contributed by atoms with Crippen LogP contribution in [0, 0.1) is 11.8 Å². The number of carbonyl (C=O) groups is 1. The standard InChI is InChI=1S/C14H27NO2/c1-3-12(4-2)11-15-9-7-13(8-10-15)5-6-14(16)17/h12-13H,3-11H2,1-2H3,(H,16,17). The molecule has 1 aliphatic rings. The highest BCUT2D eigenvalue weighted by atomic mass is 16.4. The monoisotopic (exact) mass is 241 g/mol. The van der Waals surface area contributed by atoms with Gasteiger partial charge in [-0.15, -0.1) is 0 Å². The summed E-state index contributed by atoms with van der Waals surface area (Å²) in [5, 5.41) is 8.67. The van der Waals surface area contributed by atoms with Gasteiger partial charge in [0.15, 0.2) is 0 Å². The van der Waals surface area contributed by atoms with Crippen molar-refractivity contribution in [2.75, 3.05) is 19.6 Å². The smallest absolute Gasteiger partial charge is 0.303 e. The lowest BCUT2D eigenvalue weighted by Gasteiger charge is -2.33. The molecular formula is C14H27NO2. The van der Waals surface area contributed by atoms with Crippen LogP contribution in [-0.4, -0.2) is 35.6 Å². The topological polar surface area (TPSA) is 40.5 Å². The molecule has 0 aromatic rings. The molecule has 0 radical (unpaired) electrons. The molecule has 1 saturated heterocycles. The Bertz CT molecular complexity index is 218. The predicted octanol–water partition coefficient (Wildman–Crippen LogP) is 3.00. The summed E-state index contributed by atoms with van der Waals surface area (Å²) in [5.41, 5.74) is 0. The van der Waals surface area contributed by atoms with E-state index in [9.17, 15) is 4.79 Å². The first-order valence-corrected chi connectivity index (χ1v) is 7.09. The maximum atomic E-state index is 10.5. The maximum Gasteiger partial charge on any atom is 0.303 e. The van der Waals surface area contributed by atoms with E-state index in [1.165, 1.54) is 45.3 Å². The van der Waals surface area contributed by atoms with Crippen LogP contribution in [0.2, 0.25) is 0 Å². The second kappa shape index (κ2) is 7.70. The van der Waals surface area contributed by atoms with Crippen LogP contribution in [0.1, 0.15) is 52.4 Å². The van der Waals surface area contributed by atoms with Crippen LogP contribution in [0.15, 0.2) is 0 Å². The minimum atomic E-state index is -0.649. The number of carboxylic acids is 1. The first kappa shape index (κ1) is 14.5. The summed E-state index contributed by atoms with van der Waals surface area (Å²) in [6.07, 6.45) is 6.14. The van der Waals surface area contributed by atoms with E-state index < -0.39 is 5.97 Å². The lowest BCUT2D eigenvalue weighted by atomic mass is 9.91. The van der Waals surface area contributed by atoms with E-state index in [4.69, 9.17) is 5.11 Å². The molecule has 1 aliphatic heterocycles. The first-order valence-electron chi connectivity index (χ1n) is 7.09. The van der Waals surface area contributed by atoms with Gasteiger partial charge in [0.1, 0.15) is 0 Å². The quantitative estimate of drug-likeness (QED) is 0.745. The lowest BCUT2D eigenvalue weighted by molar-refractivity contribution is -0.137. The Kier molecular flexibility index (Phi) is 6.56. The van der Waals surface area contributed by atoms with Crippen molar-refractivity contribution in [3.63, 3.8) is 0 Å².